The third kappa shape index (κ3) is 6.09. The van der Waals surface area contributed by atoms with Crippen LogP contribution in [0.2, 0.25) is 0 Å². The largest absolute Gasteiger partial charge is 0.496 e. The molecule has 2 aromatic carbocycles. The molecule has 3 rings (SSSR count). The number of anilines is 2. The zero-order valence-corrected chi connectivity index (χ0v) is 21.0. The van der Waals surface area contributed by atoms with Gasteiger partial charge >= 0.3 is 0 Å². The monoisotopic (exact) mass is 497 g/mol. The molecule has 3 aromatic rings. The number of sulfonamides is 1. The third-order valence-electron chi connectivity index (χ3n) is 4.73. The summed E-state index contributed by atoms with van der Waals surface area (Å²) in [5, 5.41) is 5.55. The Labute approximate surface area is 204 Å². The van der Waals surface area contributed by atoms with Gasteiger partial charge < -0.3 is 10.1 Å². The molecular weight excluding hydrogens is 473 g/mol. The number of hydrogen-bond donors (Lipinski definition) is 3. The second-order valence-corrected chi connectivity index (χ2v) is 9.77. The van der Waals surface area contributed by atoms with Crippen LogP contribution in [0, 0.1) is 20.8 Å². The smallest absolute Gasteiger partial charge is 0.264 e. The predicted octanol–water partition coefficient (Wildman–Crippen LogP) is 1.60. The molecule has 0 aliphatic heterocycles. The Morgan fingerprint density at radius 1 is 1.03 bits per heavy atom. The number of carbonyl (C=O) groups excluding carboxylic acids is 1. The number of ether oxygens (including phenoxy) is 1. The highest BCUT2D eigenvalue weighted by molar-refractivity contribution is 7.92. The van der Waals surface area contributed by atoms with Crippen LogP contribution in [0.15, 0.2) is 47.4 Å². The average molecular weight is 497 g/mol. The van der Waals surface area contributed by atoms with Crippen molar-refractivity contribution in [3.05, 3.63) is 65.0 Å². The Kier molecular flexibility index (Phi) is 7.52. The van der Waals surface area contributed by atoms with Gasteiger partial charge in [-0.25, -0.2) is 23.1 Å². The van der Waals surface area contributed by atoms with Crippen molar-refractivity contribution in [3.8, 4) is 5.75 Å². The lowest BCUT2D eigenvalue weighted by atomic mass is 9.91. The molecule has 1 aromatic heterocycles. The highest BCUT2D eigenvalue weighted by Gasteiger charge is 2.18. The van der Waals surface area contributed by atoms with Gasteiger partial charge in [-0.15, -0.1) is 0 Å². The summed E-state index contributed by atoms with van der Waals surface area (Å²) in [5.74, 6) is 0.0594. The van der Waals surface area contributed by atoms with Crippen LogP contribution in [0.25, 0.3) is 0 Å². The Morgan fingerprint density at radius 3 is 2.24 bits per heavy atom. The van der Waals surface area contributed by atoms with E-state index in [0.29, 0.717) is 28.4 Å². The van der Waals surface area contributed by atoms with Gasteiger partial charge in [0.2, 0.25) is 5.95 Å². The number of amides is 1. The van der Waals surface area contributed by atoms with Gasteiger partial charge in [-0.2, -0.15) is 0 Å². The lowest BCUT2D eigenvalue weighted by Crippen LogP contribution is -2.34. The van der Waals surface area contributed by atoms with E-state index in [0.717, 1.165) is 11.0 Å². The lowest BCUT2D eigenvalue weighted by molar-refractivity contribution is 0.0974. The predicted molar refractivity (Wildman–Crippen MR) is 138 cm³/mol. The molecule has 1 amide bonds. The molecule has 12 heteroatoms. The normalized spacial score (nSPS) is 10.9. The fourth-order valence-corrected chi connectivity index (χ4v) is 4.55. The van der Waals surface area contributed by atoms with E-state index < -0.39 is 15.9 Å². The minimum Gasteiger partial charge on any atom is -0.496 e. The average Bonchev–Trinajstić information content (AvgIpc) is 2.72. The number of rotatable bonds is 6. The van der Waals surface area contributed by atoms with Crippen molar-refractivity contribution in [2.45, 2.75) is 25.7 Å². The number of nitrogens with zero attached hydrogens (tertiary/aromatic N) is 2. The van der Waals surface area contributed by atoms with Gasteiger partial charge in [0.1, 0.15) is 13.6 Å². The molecule has 3 N–H and O–H groups in total. The fraction of sp³-hybridized carbons (Fsp3) is 0.182. The van der Waals surface area contributed by atoms with E-state index in [4.69, 9.17) is 17.0 Å². The molecule has 0 saturated carbocycles. The van der Waals surface area contributed by atoms with Crippen LogP contribution < -0.4 is 25.6 Å². The minimum atomic E-state index is -3.88. The fourth-order valence-electron chi connectivity index (χ4n) is 3.39. The SMILES string of the molecule is Bc1cc(C)c(OC)c(C(=O)NC(=S)Nc2ccc(S(=O)(=O)Nc3nc(C)cc(C)n3)cc2)c1. The van der Waals surface area contributed by atoms with Gasteiger partial charge in [0.15, 0.2) is 5.11 Å². The lowest BCUT2D eigenvalue weighted by Gasteiger charge is -2.14. The molecule has 176 valence electrons. The molecular formula is C22H24BN5O4S2. The number of benzene rings is 2. The Hall–Kier alpha value is -3.51. The van der Waals surface area contributed by atoms with E-state index in [2.05, 4.69) is 25.3 Å². The van der Waals surface area contributed by atoms with Crippen LogP contribution in [0.5, 0.6) is 5.75 Å². The van der Waals surface area contributed by atoms with Crippen molar-refractivity contribution in [2.24, 2.45) is 0 Å². The molecule has 0 aliphatic rings. The Balaban J connectivity index is 1.68. The maximum atomic E-state index is 12.7. The zero-order valence-electron chi connectivity index (χ0n) is 19.4. The first-order valence-corrected chi connectivity index (χ1v) is 12.1. The van der Waals surface area contributed by atoms with Crippen LogP contribution in [0.1, 0.15) is 27.3 Å². The second kappa shape index (κ2) is 10.2. The van der Waals surface area contributed by atoms with Crippen molar-refractivity contribution >= 4 is 58.2 Å². The molecule has 9 nitrogen and oxygen atoms in total. The van der Waals surface area contributed by atoms with Crippen LogP contribution in [-0.2, 0) is 10.0 Å². The summed E-state index contributed by atoms with van der Waals surface area (Å²) in [7, 11) is -0.495. The number of carbonyl (C=O) groups is 1. The summed E-state index contributed by atoms with van der Waals surface area (Å²) in [5.41, 5.74) is 3.92. The first-order valence-electron chi connectivity index (χ1n) is 10.2. The first-order chi connectivity index (χ1) is 16.0. The topological polar surface area (TPSA) is 122 Å². The molecule has 0 bridgehead atoms. The van der Waals surface area contributed by atoms with Gasteiger partial charge in [-0.1, -0.05) is 17.6 Å². The van der Waals surface area contributed by atoms with E-state index in [1.165, 1.54) is 31.4 Å². The number of aryl methyl sites for hydroxylation is 3. The Bertz CT molecular complexity index is 1340. The molecule has 0 unspecified atom stereocenters. The summed E-state index contributed by atoms with van der Waals surface area (Å²) in [6.07, 6.45) is 0. The van der Waals surface area contributed by atoms with Crippen LogP contribution in [0.4, 0.5) is 11.6 Å². The molecule has 0 fully saturated rings. The van der Waals surface area contributed by atoms with Gasteiger partial charge in [0.25, 0.3) is 15.9 Å². The first kappa shape index (κ1) is 25.1. The molecule has 0 saturated heterocycles. The van der Waals surface area contributed by atoms with Crippen LogP contribution in [-0.4, -0.2) is 44.4 Å². The third-order valence-corrected chi connectivity index (χ3v) is 6.27. The summed E-state index contributed by atoms with van der Waals surface area (Å²) < 4.78 is 33.1. The standard InChI is InChI=1S/C22H24BN5O4S2/c1-12-9-15(23)11-18(19(12)32-4)20(29)27-22(33)26-16-5-7-17(8-6-16)34(30,31)28-21-24-13(2)10-14(3)25-21/h5-11H,23H2,1-4H3,(H,24,25,28)(H2,26,27,29,33). The molecule has 0 radical (unpaired) electrons. The van der Waals surface area contributed by atoms with Crippen molar-refractivity contribution in [3.63, 3.8) is 0 Å². The summed E-state index contributed by atoms with van der Waals surface area (Å²) >= 11 is 5.24. The molecule has 34 heavy (non-hydrogen) atoms. The molecule has 0 aliphatic carbocycles. The van der Waals surface area contributed by atoms with Gasteiger partial charge in [-0.3, -0.25) is 10.1 Å². The second-order valence-electron chi connectivity index (χ2n) is 7.68. The highest BCUT2D eigenvalue weighted by Crippen LogP contribution is 2.22. The maximum Gasteiger partial charge on any atom is 0.264 e. The summed E-state index contributed by atoms with van der Waals surface area (Å²) in [6, 6.07) is 11.3. The number of hydrogen-bond acceptors (Lipinski definition) is 7. The highest BCUT2D eigenvalue weighted by atomic mass is 32.2. The van der Waals surface area contributed by atoms with E-state index >= 15 is 0 Å². The van der Waals surface area contributed by atoms with E-state index in [9.17, 15) is 13.2 Å². The minimum absolute atomic E-state index is 0.00500. The van der Waals surface area contributed by atoms with E-state index in [1.54, 1.807) is 26.0 Å². The van der Waals surface area contributed by atoms with Crippen molar-refractivity contribution < 1.29 is 17.9 Å². The van der Waals surface area contributed by atoms with Crippen LogP contribution in [0.3, 0.4) is 0 Å². The Morgan fingerprint density at radius 2 is 1.65 bits per heavy atom. The van der Waals surface area contributed by atoms with Gasteiger partial charge in [0, 0.05) is 17.1 Å². The number of aromatic nitrogens is 2. The maximum absolute atomic E-state index is 12.7. The van der Waals surface area contributed by atoms with Gasteiger partial charge in [-0.05, 0) is 68.9 Å². The quantitative estimate of drug-likeness (QED) is 0.347. The number of nitrogens with one attached hydrogen (secondary N) is 3. The van der Waals surface area contributed by atoms with Crippen molar-refractivity contribution in [1.82, 2.24) is 15.3 Å². The zero-order chi connectivity index (χ0) is 25.0. The molecule has 0 atom stereocenters. The van der Waals surface area contributed by atoms with Crippen molar-refractivity contribution in [1.29, 1.82) is 0 Å². The van der Waals surface area contributed by atoms with Gasteiger partial charge in [0.05, 0.1) is 17.6 Å². The van der Waals surface area contributed by atoms with Crippen LogP contribution >= 0.6 is 12.2 Å². The summed E-state index contributed by atoms with van der Waals surface area (Å²) in [4.78, 5) is 20.9. The number of methoxy groups -OCH3 is 1. The van der Waals surface area contributed by atoms with Crippen molar-refractivity contribution in [2.75, 3.05) is 17.1 Å². The van der Waals surface area contributed by atoms with E-state index in [1.807, 2.05) is 20.8 Å². The van der Waals surface area contributed by atoms with E-state index in [-0.39, 0.29) is 16.0 Å². The molecule has 1 heterocycles. The molecule has 0 spiro atoms. The summed E-state index contributed by atoms with van der Waals surface area (Å²) in [6.45, 7) is 5.37. The number of thiocarbonyl (C=S) groups is 1.